The van der Waals surface area contributed by atoms with Crippen LogP contribution in [0, 0.1) is 12.7 Å². The number of phenols is 1. The highest BCUT2D eigenvalue weighted by Gasteiger charge is 2.30. The van der Waals surface area contributed by atoms with Crippen molar-refractivity contribution in [3.8, 4) is 22.7 Å². The molecule has 9 nitrogen and oxygen atoms in total. The van der Waals surface area contributed by atoms with Crippen molar-refractivity contribution < 1.29 is 14.3 Å². The van der Waals surface area contributed by atoms with Crippen LogP contribution in [0.5, 0.6) is 5.75 Å². The Bertz CT molecular complexity index is 1790. The van der Waals surface area contributed by atoms with Crippen LogP contribution in [0.15, 0.2) is 47.9 Å². The van der Waals surface area contributed by atoms with E-state index >= 15 is 4.39 Å². The topological polar surface area (TPSA) is 104 Å². The average molecular weight is 612 g/mol. The number of rotatable bonds is 6. The number of hydrogen-bond acceptors (Lipinski definition) is 7. The number of halogens is 3. The van der Waals surface area contributed by atoms with Gasteiger partial charge in [-0.25, -0.2) is 18.7 Å². The zero-order chi connectivity index (χ0) is 30.3. The lowest BCUT2D eigenvalue weighted by atomic mass is 10.1. The summed E-state index contributed by atoms with van der Waals surface area (Å²) in [6.45, 7) is 10.4. The van der Waals surface area contributed by atoms with Gasteiger partial charge in [0.1, 0.15) is 23.1 Å². The van der Waals surface area contributed by atoms with Crippen LogP contribution in [0.3, 0.4) is 0 Å². The molecule has 4 heterocycles. The number of aryl methyl sites for hydroxylation is 2. The van der Waals surface area contributed by atoms with Gasteiger partial charge < -0.3 is 14.9 Å². The third kappa shape index (κ3) is 5.20. The first-order valence-electron chi connectivity index (χ1n) is 13.5. The molecular formula is C30H29Cl2FN6O3. The largest absolute Gasteiger partial charge is 0.508 e. The molecule has 42 heavy (non-hydrogen) atoms. The van der Waals surface area contributed by atoms with E-state index in [9.17, 15) is 14.7 Å². The Kier molecular flexibility index (Phi) is 8.21. The summed E-state index contributed by atoms with van der Waals surface area (Å²) in [7, 11) is 0. The van der Waals surface area contributed by atoms with Gasteiger partial charge in [0.15, 0.2) is 5.65 Å². The number of aromatic hydroxyl groups is 1. The van der Waals surface area contributed by atoms with E-state index < -0.39 is 11.5 Å². The predicted molar refractivity (Wildman–Crippen MR) is 162 cm³/mol. The van der Waals surface area contributed by atoms with Gasteiger partial charge in [-0.1, -0.05) is 43.1 Å². The monoisotopic (exact) mass is 610 g/mol. The number of piperazine rings is 1. The number of anilines is 1. The highest BCUT2D eigenvalue weighted by molar-refractivity contribution is 6.43. The van der Waals surface area contributed by atoms with Crippen molar-refractivity contribution in [2.24, 2.45) is 0 Å². The van der Waals surface area contributed by atoms with E-state index in [1.807, 2.05) is 25.7 Å². The zero-order valence-corrected chi connectivity index (χ0v) is 24.9. The molecule has 12 heteroatoms. The van der Waals surface area contributed by atoms with Gasteiger partial charge in [-0.3, -0.25) is 9.78 Å². The normalized spacial score (nSPS) is 15.3. The van der Waals surface area contributed by atoms with Gasteiger partial charge in [-0.05, 0) is 50.1 Å². The summed E-state index contributed by atoms with van der Waals surface area (Å²) in [5.74, 6) is -0.906. The molecule has 218 valence electrons. The van der Waals surface area contributed by atoms with Crippen molar-refractivity contribution in [1.82, 2.24) is 24.4 Å². The highest BCUT2D eigenvalue weighted by atomic mass is 35.5. The molecule has 1 saturated heterocycles. The molecule has 1 atom stereocenters. The van der Waals surface area contributed by atoms with Crippen LogP contribution in [0.2, 0.25) is 10.0 Å². The first-order chi connectivity index (χ1) is 20.0. The molecule has 0 saturated carbocycles. The Morgan fingerprint density at radius 2 is 2.00 bits per heavy atom. The molecule has 0 spiro atoms. The minimum atomic E-state index is -0.746. The number of benzene rings is 1. The van der Waals surface area contributed by atoms with Crippen molar-refractivity contribution in [2.45, 2.75) is 39.7 Å². The number of carbonyl (C=O) groups excluding carboxylic acids is 1. The molecule has 1 aliphatic rings. The molecule has 0 aliphatic carbocycles. The number of fused-ring (bicyclic) bond motifs is 1. The lowest BCUT2D eigenvalue weighted by Crippen LogP contribution is -2.54. The third-order valence-corrected chi connectivity index (χ3v) is 8.17. The van der Waals surface area contributed by atoms with Gasteiger partial charge in [-0.15, -0.1) is 0 Å². The summed E-state index contributed by atoms with van der Waals surface area (Å²) in [5, 5.41) is 10.5. The van der Waals surface area contributed by atoms with Gasteiger partial charge in [0.25, 0.3) is 0 Å². The van der Waals surface area contributed by atoms with Crippen LogP contribution in [-0.2, 0) is 11.2 Å². The quantitative estimate of drug-likeness (QED) is 0.288. The first kappa shape index (κ1) is 29.5. The molecule has 0 radical (unpaired) electrons. The summed E-state index contributed by atoms with van der Waals surface area (Å²) in [6.07, 6.45) is 4.31. The number of hydrogen-bond donors (Lipinski definition) is 1. The number of amides is 1. The second-order valence-corrected chi connectivity index (χ2v) is 11.0. The summed E-state index contributed by atoms with van der Waals surface area (Å²) in [6, 6.07) is 5.33. The predicted octanol–water partition coefficient (Wildman–Crippen LogP) is 5.48. The molecule has 0 unspecified atom stereocenters. The minimum Gasteiger partial charge on any atom is -0.508 e. The van der Waals surface area contributed by atoms with Gasteiger partial charge >= 0.3 is 5.69 Å². The molecule has 1 aromatic carbocycles. The van der Waals surface area contributed by atoms with E-state index in [0.717, 1.165) is 12.0 Å². The first-order valence-corrected chi connectivity index (χ1v) is 14.3. The van der Waals surface area contributed by atoms with Crippen LogP contribution in [0.1, 0.15) is 31.5 Å². The fraction of sp³-hybridized carbons (Fsp3) is 0.300. The summed E-state index contributed by atoms with van der Waals surface area (Å²) in [5.41, 5.74) is 1.36. The van der Waals surface area contributed by atoms with Crippen LogP contribution < -0.4 is 10.6 Å². The fourth-order valence-electron chi connectivity index (χ4n) is 5.40. The van der Waals surface area contributed by atoms with E-state index in [-0.39, 0.29) is 50.5 Å². The van der Waals surface area contributed by atoms with Gasteiger partial charge in [0.2, 0.25) is 5.91 Å². The SMILES string of the molecule is C=CC(=O)N1CCN(c2nc(=O)n(-c3c(C)ccnc3CCC)c3nc(-c4cc(O)cc(Cl)c4Cl)c(F)cc23)[C@@H](C)C1. The average Bonchev–Trinajstić information content (AvgIpc) is 2.95. The van der Waals surface area contributed by atoms with Crippen LogP contribution in [0.4, 0.5) is 10.2 Å². The fourth-order valence-corrected chi connectivity index (χ4v) is 5.81. The molecule has 0 bridgehead atoms. The van der Waals surface area contributed by atoms with Crippen LogP contribution >= 0.6 is 23.2 Å². The van der Waals surface area contributed by atoms with E-state index in [1.165, 1.54) is 28.8 Å². The standard InChI is InChI=1S/C30H29Cl2FN6O3/c1-5-7-23-27(16(3)8-9-34-23)39-29-20(14-22(33)26(35-29)19-12-18(40)13-21(31)25(19)32)28(36-30(39)42)38-11-10-37(15-17(38)4)24(41)6-2/h6,8-9,12-14,17,40H,2,5,7,10-11,15H2,1,3-4H3/t17-/m0/s1. The Labute approximate surface area is 251 Å². The number of pyridine rings is 2. The Balaban J connectivity index is 1.82. The van der Waals surface area contributed by atoms with Crippen molar-refractivity contribution in [3.05, 3.63) is 80.7 Å². The molecule has 5 rings (SSSR count). The van der Waals surface area contributed by atoms with Gasteiger partial charge in [-0.2, -0.15) is 4.98 Å². The Morgan fingerprint density at radius 1 is 1.24 bits per heavy atom. The smallest absolute Gasteiger partial charge is 0.355 e. The summed E-state index contributed by atoms with van der Waals surface area (Å²) < 4.78 is 17.3. The van der Waals surface area contributed by atoms with Crippen molar-refractivity contribution in [1.29, 1.82) is 0 Å². The van der Waals surface area contributed by atoms with E-state index in [2.05, 4.69) is 21.5 Å². The van der Waals surface area contributed by atoms with Crippen LogP contribution in [-0.4, -0.2) is 61.1 Å². The third-order valence-electron chi connectivity index (χ3n) is 7.37. The minimum absolute atomic E-state index is 0.00394. The molecule has 1 N–H and O–H groups in total. The van der Waals surface area contributed by atoms with E-state index in [4.69, 9.17) is 23.2 Å². The maximum atomic E-state index is 16.0. The lowest BCUT2D eigenvalue weighted by Gasteiger charge is -2.40. The highest BCUT2D eigenvalue weighted by Crippen LogP contribution is 2.39. The summed E-state index contributed by atoms with van der Waals surface area (Å²) in [4.78, 5) is 43.4. The maximum absolute atomic E-state index is 16.0. The van der Waals surface area contributed by atoms with Crippen molar-refractivity contribution in [3.63, 3.8) is 0 Å². The van der Waals surface area contributed by atoms with Crippen molar-refractivity contribution in [2.75, 3.05) is 24.5 Å². The van der Waals surface area contributed by atoms with Gasteiger partial charge in [0, 0.05) is 43.5 Å². The van der Waals surface area contributed by atoms with Crippen molar-refractivity contribution >= 4 is 46.0 Å². The van der Waals surface area contributed by atoms with Gasteiger partial charge in [0.05, 0.1) is 26.8 Å². The Hall–Kier alpha value is -4.02. The van der Waals surface area contributed by atoms with E-state index in [1.54, 1.807) is 17.2 Å². The molecule has 4 aromatic rings. The summed E-state index contributed by atoms with van der Waals surface area (Å²) >= 11 is 12.6. The molecule has 1 aliphatic heterocycles. The van der Waals surface area contributed by atoms with E-state index in [0.29, 0.717) is 42.8 Å². The second kappa shape index (κ2) is 11.7. The zero-order valence-electron chi connectivity index (χ0n) is 23.4. The Morgan fingerprint density at radius 3 is 2.69 bits per heavy atom. The number of nitrogens with zero attached hydrogens (tertiary/aromatic N) is 6. The number of aromatic nitrogens is 4. The molecular weight excluding hydrogens is 582 g/mol. The molecule has 3 aromatic heterocycles. The molecule has 1 fully saturated rings. The second-order valence-electron chi connectivity index (χ2n) is 10.2. The number of phenolic OH excluding ortho intramolecular Hbond substituents is 1. The lowest BCUT2D eigenvalue weighted by molar-refractivity contribution is -0.126. The maximum Gasteiger partial charge on any atom is 0.355 e. The van der Waals surface area contributed by atoms with Crippen LogP contribution in [0.25, 0.3) is 28.0 Å². The molecule has 1 amide bonds. The number of carbonyl (C=O) groups is 1.